The fourth-order valence-corrected chi connectivity index (χ4v) is 4.31. The van der Waals surface area contributed by atoms with Gasteiger partial charge in [-0.2, -0.15) is 0 Å². The summed E-state index contributed by atoms with van der Waals surface area (Å²) in [6.07, 6.45) is 2.99. The number of aromatic hydroxyl groups is 1. The van der Waals surface area contributed by atoms with Gasteiger partial charge < -0.3 is 5.11 Å². The molecule has 0 radical (unpaired) electrons. The van der Waals surface area contributed by atoms with Gasteiger partial charge in [0.1, 0.15) is 5.75 Å². The van der Waals surface area contributed by atoms with Crippen molar-refractivity contribution < 1.29 is 14.7 Å². The lowest BCUT2D eigenvalue weighted by atomic mass is 10.1. The second-order valence-corrected chi connectivity index (χ2v) is 8.06. The number of nitrogens with zero attached hydrogens (tertiary/aromatic N) is 1. The van der Waals surface area contributed by atoms with Crippen molar-refractivity contribution in [2.45, 2.75) is 12.8 Å². The van der Waals surface area contributed by atoms with Gasteiger partial charge in [0, 0.05) is 16.6 Å². The van der Waals surface area contributed by atoms with Crippen LogP contribution in [0.5, 0.6) is 5.75 Å². The maximum Gasteiger partial charge on any atom is 0.293 e. The van der Waals surface area contributed by atoms with Gasteiger partial charge in [0.25, 0.3) is 11.1 Å². The van der Waals surface area contributed by atoms with Crippen molar-refractivity contribution in [3.63, 3.8) is 0 Å². The Balaban J connectivity index is 1.70. The number of hydrogen-bond acceptors (Lipinski definition) is 4. The molecule has 1 fully saturated rings. The van der Waals surface area contributed by atoms with E-state index in [0.29, 0.717) is 23.0 Å². The Morgan fingerprint density at radius 3 is 2.65 bits per heavy atom. The van der Waals surface area contributed by atoms with E-state index in [-0.39, 0.29) is 26.8 Å². The van der Waals surface area contributed by atoms with Crippen LogP contribution in [0.15, 0.2) is 51.8 Å². The number of phenolic OH excluding ortho intramolecular Hbond substituents is 1. The van der Waals surface area contributed by atoms with E-state index in [4.69, 9.17) is 11.6 Å². The van der Waals surface area contributed by atoms with Gasteiger partial charge in [-0.3, -0.25) is 14.5 Å². The van der Waals surface area contributed by atoms with E-state index >= 15 is 0 Å². The first-order valence-electron chi connectivity index (χ1n) is 7.93. The molecule has 3 rings (SSSR count). The molecule has 0 spiro atoms. The number of carbonyl (C=O) groups excluding carboxylic acids is 2. The number of carbonyl (C=O) groups is 2. The highest BCUT2D eigenvalue weighted by atomic mass is 79.9. The van der Waals surface area contributed by atoms with Crippen LogP contribution in [0.2, 0.25) is 5.02 Å². The zero-order valence-corrected chi connectivity index (χ0v) is 16.8. The molecule has 1 aliphatic heterocycles. The zero-order chi connectivity index (χ0) is 18.7. The van der Waals surface area contributed by atoms with Crippen LogP contribution in [-0.4, -0.2) is 27.7 Å². The minimum Gasteiger partial charge on any atom is -0.506 e. The third kappa shape index (κ3) is 4.31. The molecule has 0 bridgehead atoms. The molecule has 2 amide bonds. The van der Waals surface area contributed by atoms with Crippen molar-refractivity contribution in [3.05, 3.63) is 68.0 Å². The first-order valence-corrected chi connectivity index (χ1v) is 9.92. The molecule has 1 aliphatic rings. The minimum absolute atomic E-state index is 0.120. The Morgan fingerprint density at radius 2 is 1.92 bits per heavy atom. The molecule has 134 valence electrons. The molecule has 4 nitrogen and oxygen atoms in total. The van der Waals surface area contributed by atoms with Crippen LogP contribution in [0, 0.1) is 0 Å². The highest BCUT2D eigenvalue weighted by Gasteiger charge is 2.34. The Morgan fingerprint density at radius 1 is 1.19 bits per heavy atom. The average molecular weight is 453 g/mol. The first-order chi connectivity index (χ1) is 12.5. The van der Waals surface area contributed by atoms with Gasteiger partial charge in [0.2, 0.25) is 0 Å². The van der Waals surface area contributed by atoms with Crippen molar-refractivity contribution in [3.8, 4) is 5.75 Å². The van der Waals surface area contributed by atoms with Crippen LogP contribution >= 0.6 is 39.3 Å². The van der Waals surface area contributed by atoms with E-state index in [9.17, 15) is 14.7 Å². The van der Waals surface area contributed by atoms with Crippen LogP contribution in [0.1, 0.15) is 17.5 Å². The number of aryl methyl sites for hydroxylation is 1. The average Bonchev–Trinajstić information content (AvgIpc) is 2.87. The first kappa shape index (κ1) is 19.0. The lowest BCUT2D eigenvalue weighted by molar-refractivity contribution is -0.122. The predicted molar refractivity (Wildman–Crippen MR) is 108 cm³/mol. The molecule has 7 heteroatoms. The Labute approximate surface area is 169 Å². The topological polar surface area (TPSA) is 57.6 Å². The van der Waals surface area contributed by atoms with Crippen molar-refractivity contribution in [1.82, 2.24) is 4.90 Å². The minimum atomic E-state index is -0.344. The number of halogens is 2. The monoisotopic (exact) mass is 451 g/mol. The molecule has 2 aromatic rings. The number of thioether (sulfide) groups is 1. The normalized spacial score (nSPS) is 15.9. The van der Waals surface area contributed by atoms with Crippen molar-refractivity contribution in [2.75, 3.05) is 6.54 Å². The van der Waals surface area contributed by atoms with Gasteiger partial charge in [-0.05, 0) is 48.4 Å². The SMILES string of the molecule is O=C1S/C(=C\c2cc(Br)cc(Cl)c2O)C(=O)N1CCCc1ccccc1. The van der Waals surface area contributed by atoms with Crippen LogP contribution in [0.3, 0.4) is 0 Å². The van der Waals surface area contributed by atoms with E-state index in [0.717, 1.165) is 18.2 Å². The number of hydrogen-bond donors (Lipinski definition) is 1. The van der Waals surface area contributed by atoms with Crippen LogP contribution in [-0.2, 0) is 11.2 Å². The second-order valence-electron chi connectivity index (χ2n) is 5.75. The fraction of sp³-hybridized carbons (Fsp3) is 0.158. The molecule has 0 atom stereocenters. The molecule has 2 aromatic carbocycles. The zero-order valence-electron chi connectivity index (χ0n) is 13.6. The van der Waals surface area contributed by atoms with Crippen LogP contribution < -0.4 is 0 Å². The molecule has 1 saturated heterocycles. The van der Waals surface area contributed by atoms with Crippen molar-refractivity contribution in [1.29, 1.82) is 0 Å². The molecule has 0 unspecified atom stereocenters. The third-order valence-corrected chi connectivity index (χ3v) is 5.56. The summed E-state index contributed by atoms with van der Waals surface area (Å²) in [4.78, 5) is 26.2. The molecule has 0 aromatic heterocycles. The molecule has 1 N–H and O–H groups in total. The van der Waals surface area contributed by atoms with E-state index in [1.165, 1.54) is 16.5 Å². The summed E-state index contributed by atoms with van der Waals surface area (Å²) in [5.74, 6) is -0.464. The lowest BCUT2D eigenvalue weighted by Crippen LogP contribution is -2.29. The highest BCUT2D eigenvalue weighted by Crippen LogP contribution is 2.37. The quantitative estimate of drug-likeness (QED) is 0.611. The maximum atomic E-state index is 12.5. The standard InChI is InChI=1S/C19H15BrClNO3S/c20-14-9-13(17(23)15(21)11-14)10-16-18(24)22(19(25)26-16)8-4-7-12-5-2-1-3-6-12/h1-3,5-6,9-11,23H,4,7-8H2/b16-10-. The summed E-state index contributed by atoms with van der Waals surface area (Å²) in [6.45, 7) is 0.363. The summed E-state index contributed by atoms with van der Waals surface area (Å²) in [6, 6.07) is 13.1. The molecule has 0 saturated carbocycles. The highest BCUT2D eigenvalue weighted by molar-refractivity contribution is 9.10. The van der Waals surface area contributed by atoms with E-state index in [2.05, 4.69) is 15.9 Å². The number of amides is 2. The van der Waals surface area contributed by atoms with E-state index in [1.54, 1.807) is 12.1 Å². The molecule has 26 heavy (non-hydrogen) atoms. The van der Waals surface area contributed by atoms with Gasteiger partial charge in [-0.1, -0.05) is 57.9 Å². The summed E-state index contributed by atoms with van der Waals surface area (Å²) < 4.78 is 0.675. The lowest BCUT2D eigenvalue weighted by Gasteiger charge is -2.12. The largest absolute Gasteiger partial charge is 0.506 e. The summed E-state index contributed by atoms with van der Waals surface area (Å²) in [5.41, 5.74) is 1.56. The smallest absolute Gasteiger partial charge is 0.293 e. The van der Waals surface area contributed by atoms with Gasteiger partial charge >= 0.3 is 0 Å². The van der Waals surface area contributed by atoms with E-state index < -0.39 is 0 Å². The van der Waals surface area contributed by atoms with Gasteiger partial charge in [0.05, 0.1) is 9.93 Å². The Hall–Kier alpha value is -1.76. The molecule has 1 heterocycles. The number of phenols is 1. The number of imide groups is 1. The molecular formula is C19H15BrClNO3S. The van der Waals surface area contributed by atoms with Gasteiger partial charge in [-0.25, -0.2) is 0 Å². The Kier molecular flexibility index (Phi) is 6.06. The van der Waals surface area contributed by atoms with Crippen LogP contribution in [0.25, 0.3) is 6.08 Å². The summed E-state index contributed by atoms with van der Waals surface area (Å²) >= 11 is 10.1. The Bertz CT molecular complexity index is 886. The maximum absolute atomic E-state index is 12.5. The fourth-order valence-electron chi connectivity index (χ4n) is 2.62. The second kappa shape index (κ2) is 8.29. The van der Waals surface area contributed by atoms with Gasteiger partial charge in [0.15, 0.2) is 0 Å². The molecule has 0 aliphatic carbocycles. The molecular weight excluding hydrogens is 438 g/mol. The van der Waals surface area contributed by atoms with Crippen LogP contribution in [0.4, 0.5) is 4.79 Å². The third-order valence-electron chi connectivity index (χ3n) is 3.91. The summed E-state index contributed by atoms with van der Waals surface area (Å²) in [7, 11) is 0. The van der Waals surface area contributed by atoms with Gasteiger partial charge in [-0.15, -0.1) is 0 Å². The van der Waals surface area contributed by atoms with Crippen molar-refractivity contribution >= 4 is 56.5 Å². The number of benzene rings is 2. The summed E-state index contributed by atoms with van der Waals surface area (Å²) in [5, 5.41) is 9.93. The van der Waals surface area contributed by atoms with Crippen molar-refractivity contribution in [2.24, 2.45) is 0 Å². The van der Waals surface area contributed by atoms with E-state index in [1.807, 2.05) is 30.3 Å². The number of rotatable bonds is 5. The predicted octanol–water partition coefficient (Wildman–Crippen LogP) is 5.48.